The summed E-state index contributed by atoms with van der Waals surface area (Å²) in [6, 6.07) is 13.6. The molecule has 0 heterocycles. The van der Waals surface area contributed by atoms with Gasteiger partial charge in [0.15, 0.2) is 0 Å². The van der Waals surface area contributed by atoms with Crippen LogP contribution in [0.15, 0.2) is 36.4 Å². The maximum Gasteiger partial charge on any atom is 0.122 e. The Morgan fingerprint density at radius 1 is 0.708 bits per heavy atom. The quantitative estimate of drug-likeness (QED) is 0.752. The predicted molar refractivity (Wildman–Crippen MR) is 97.3 cm³/mol. The summed E-state index contributed by atoms with van der Waals surface area (Å²) in [5, 5.41) is 0. The highest BCUT2D eigenvalue weighted by Gasteiger charge is 2.37. The van der Waals surface area contributed by atoms with Crippen LogP contribution in [0.4, 0.5) is 0 Å². The van der Waals surface area contributed by atoms with Crippen LogP contribution in [-0.2, 0) is 12.8 Å². The Balaban J connectivity index is 1.81. The van der Waals surface area contributed by atoms with Gasteiger partial charge in [-0.3, -0.25) is 0 Å². The highest BCUT2D eigenvalue weighted by atomic mass is 16.5. The number of benzene rings is 2. The molecular formula is C22H26O2. The lowest BCUT2D eigenvalue weighted by atomic mass is 9.66. The van der Waals surface area contributed by atoms with E-state index in [1.54, 1.807) is 14.2 Å². The number of hydrogen-bond acceptors (Lipinski definition) is 2. The molecule has 4 bridgehead atoms. The summed E-state index contributed by atoms with van der Waals surface area (Å²) in [5.74, 6) is 3.17. The lowest BCUT2D eigenvalue weighted by Crippen LogP contribution is -2.23. The summed E-state index contributed by atoms with van der Waals surface area (Å²) in [7, 11) is 3.58. The number of hydrogen-bond donors (Lipinski definition) is 0. The second kappa shape index (κ2) is 6.51. The zero-order chi connectivity index (χ0) is 16.5. The standard InChI is InChI=1S/C22H26O2/c1-23-21-11-7-15-5-3-4-6-16-8-12-22(24-2)20(14-16)18-10-9-17(18)19(21)13-15/h7-8,11-14,17-18H,3-6,9-10H2,1-2H3. The molecule has 1 fully saturated rings. The Morgan fingerprint density at radius 3 is 1.54 bits per heavy atom. The van der Waals surface area contributed by atoms with Crippen molar-refractivity contribution in [2.45, 2.75) is 50.4 Å². The van der Waals surface area contributed by atoms with Gasteiger partial charge in [0.2, 0.25) is 0 Å². The van der Waals surface area contributed by atoms with Crippen LogP contribution in [0.1, 0.15) is 59.8 Å². The van der Waals surface area contributed by atoms with Crippen LogP contribution in [0.5, 0.6) is 11.5 Å². The fraction of sp³-hybridized carbons (Fsp3) is 0.455. The van der Waals surface area contributed by atoms with Crippen LogP contribution in [0, 0.1) is 0 Å². The summed E-state index contributed by atoms with van der Waals surface area (Å²) in [6.45, 7) is 0. The van der Waals surface area contributed by atoms with Crippen LogP contribution >= 0.6 is 0 Å². The molecule has 0 N–H and O–H groups in total. The van der Waals surface area contributed by atoms with Gasteiger partial charge in [-0.1, -0.05) is 24.3 Å². The monoisotopic (exact) mass is 322 g/mol. The lowest BCUT2D eigenvalue weighted by molar-refractivity contribution is 0.315. The average molecular weight is 322 g/mol. The predicted octanol–water partition coefficient (Wildman–Crippen LogP) is 5.24. The van der Waals surface area contributed by atoms with Crippen LogP contribution in [0.3, 0.4) is 0 Å². The Kier molecular flexibility index (Phi) is 4.22. The smallest absolute Gasteiger partial charge is 0.122 e. The summed E-state index contributed by atoms with van der Waals surface area (Å²) < 4.78 is 11.4. The minimum atomic E-state index is 0.545. The lowest BCUT2D eigenvalue weighted by Gasteiger charge is -2.39. The fourth-order valence-electron chi connectivity index (χ4n) is 4.36. The first-order chi connectivity index (χ1) is 11.8. The third-order valence-corrected chi connectivity index (χ3v) is 5.84. The molecular weight excluding hydrogens is 296 g/mol. The van der Waals surface area contributed by atoms with Crippen molar-refractivity contribution in [3.63, 3.8) is 0 Å². The third kappa shape index (κ3) is 2.68. The molecule has 2 unspecified atom stereocenters. The Morgan fingerprint density at radius 2 is 1.17 bits per heavy atom. The van der Waals surface area contributed by atoms with Crippen molar-refractivity contribution < 1.29 is 9.47 Å². The molecule has 2 aliphatic carbocycles. The summed E-state index contributed by atoms with van der Waals surface area (Å²) in [6.07, 6.45) is 7.27. The van der Waals surface area contributed by atoms with E-state index in [9.17, 15) is 0 Å². The maximum absolute atomic E-state index is 5.68. The number of fused-ring (bicyclic) bond motifs is 7. The molecule has 24 heavy (non-hydrogen) atoms. The molecule has 126 valence electrons. The summed E-state index contributed by atoms with van der Waals surface area (Å²) in [5.41, 5.74) is 5.68. The van der Waals surface area contributed by atoms with Crippen LogP contribution in [-0.4, -0.2) is 14.2 Å². The van der Waals surface area contributed by atoms with Crippen molar-refractivity contribution in [2.75, 3.05) is 14.2 Å². The van der Waals surface area contributed by atoms with E-state index in [1.807, 2.05) is 0 Å². The summed E-state index contributed by atoms with van der Waals surface area (Å²) in [4.78, 5) is 0. The molecule has 2 aliphatic rings. The minimum absolute atomic E-state index is 0.545. The van der Waals surface area contributed by atoms with E-state index in [4.69, 9.17) is 9.47 Å². The molecule has 2 aromatic rings. The van der Waals surface area contributed by atoms with Crippen molar-refractivity contribution in [2.24, 2.45) is 0 Å². The van der Waals surface area contributed by atoms with Crippen LogP contribution in [0.2, 0.25) is 0 Å². The van der Waals surface area contributed by atoms with E-state index in [0.717, 1.165) is 24.3 Å². The molecule has 0 saturated heterocycles. The van der Waals surface area contributed by atoms with Crippen molar-refractivity contribution in [1.29, 1.82) is 0 Å². The van der Waals surface area contributed by atoms with Gasteiger partial charge >= 0.3 is 0 Å². The van der Waals surface area contributed by atoms with Crippen molar-refractivity contribution in [3.05, 3.63) is 58.7 Å². The first-order valence-electron chi connectivity index (χ1n) is 9.14. The van der Waals surface area contributed by atoms with Gasteiger partial charge in [-0.2, -0.15) is 0 Å². The largest absolute Gasteiger partial charge is 0.496 e. The zero-order valence-electron chi connectivity index (χ0n) is 14.7. The Bertz CT molecular complexity index is 671. The zero-order valence-corrected chi connectivity index (χ0v) is 14.7. The van der Waals surface area contributed by atoms with Gasteiger partial charge in [-0.05, 0) is 84.7 Å². The topological polar surface area (TPSA) is 18.5 Å². The molecule has 0 aromatic heterocycles. The second-order valence-electron chi connectivity index (χ2n) is 7.15. The van der Waals surface area contributed by atoms with Crippen molar-refractivity contribution in [3.8, 4) is 11.5 Å². The van der Waals surface area contributed by atoms with E-state index >= 15 is 0 Å². The summed E-state index contributed by atoms with van der Waals surface area (Å²) >= 11 is 0. The van der Waals surface area contributed by atoms with Crippen molar-refractivity contribution in [1.82, 2.24) is 0 Å². The van der Waals surface area contributed by atoms with Crippen LogP contribution < -0.4 is 9.47 Å². The molecule has 0 spiro atoms. The average Bonchev–Trinajstić information content (AvgIpc) is 2.57. The molecule has 2 heteroatoms. The highest BCUT2D eigenvalue weighted by Crippen LogP contribution is 2.53. The molecule has 2 nitrogen and oxygen atoms in total. The third-order valence-electron chi connectivity index (χ3n) is 5.84. The minimum Gasteiger partial charge on any atom is -0.496 e. The van der Waals surface area contributed by atoms with Gasteiger partial charge in [0.1, 0.15) is 11.5 Å². The van der Waals surface area contributed by atoms with Gasteiger partial charge in [-0.25, -0.2) is 0 Å². The van der Waals surface area contributed by atoms with Gasteiger partial charge < -0.3 is 9.47 Å². The normalized spacial score (nSPS) is 22.4. The fourth-order valence-corrected chi connectivity index (χ4v) is 4.36. The number of rotatable bonds is 2. The number of methoxy groups -OCH3 is 2. The molecule has 2 aromatic carbocycles. The maximum atomic E-state index is 5.68. The van der Waals surface area contributed by atoms with E-state index in [2.05, 4.69) is 36.4 Å². The van der Waals surface area contributed by atoms with Gasteiger partial charge in [0.25, 0.3) is 0 Å². The highest BCUT2D eigenvalue weighted by molar-refractivity contribution is 5.48. The van der Waals surface area contributed by atoms with E-state index in [0.29, 0.717) is 11.8 Å². The van der Waals surface area contributed by atoms with E-state index in [-0.39, 0.29) is 0 Å². The van der Waals surface area contributed by atoms with E-state index < -0.39 is 0 Å². The number of aryl methyl sites for hydroxylation is 2. The Labute approximate surface area is 144 Å². The first-order valence-corrected chi connectivity index (χ1v) is 9.14. The number of ether oxygens (including phenoxy) is 2. The van der Waals surface area contributed by atoms with Gasteiger partial charge in [0, 0.05) is 0 Å². The molecule has 1 saturated carbocycles. The van der Waals surface area contributed by atoms with Gasteiger partial charge in [-0.15, -0.1) is 0 Å². The van der Waals surface area contributed by atoms with Crippen LogP contribution in [0.25, 0.3) is 0 Å². The van der Waals surface area contributed by atoms with Crippen molar-refractivity contribution >= 4 is 0 Å². The molecule has 0 radical (unpaired) electrons. The molecule has 4 rings (SSSR count). The second-order valence-corrected chi connectivity index (χ2v) is 7.15. The molecule has 0 amide bonds. The molecule has 2 atom stereocenters. The molecule has 0 aliphatic heterocycles. The first kappa shape index (κ1) is 15.6. The van der Waals surface area contributed by atoms with E-state index in [1.165, 1.54) is 47.9 Å². The Hall–Kier alpha value is -1.96. The SMILES string of the molecule is COc1ccc2cc1C1CCC1c1cc(ccc1OC)CCCC2. The van der Waals surface area contributed by atoms with Gasteiger partial charge in [0.05, 0.1) is 14.2 Å².